The van der Waals surface area contributed by atoms with Crippen molar-refractivity contribution in [3.05, 3.63) is 78.1 Å². The fraction of sp³-hybridized carbons (Fsp3) is 0.280. The van der Waals surface area contributed by atoms with E-state index in [2.05, 4.69) is 29.0 Å². The van der Waals surface area contributed by atoms with E-state index < -0.39 is 6.09 Å². The maximum absolute atomic E-state index is 12.4. The number of hydrogen-bond donors (Lipinski definition) is 1. The van der Waals surface area contributed by atoms with Crippen LogP contribution in [0.1, 0.15) is 25.1 Å². The maximum Gasteiger partial charge on any atom is 0.417 e. The zero-order valence-corrected chi connectivity index (χ0v) is 18.4. The third-order valence-electron chi connectivity index (χ3n) is 5.54. The van der Waals surface area contributed by atoms with Crippen LogP contribution in [0.2, 0.25) is 0 Å². The van der Waals surface area contributed by atoms with Gasteiger partial charge < -0.3 is 14.5 Å². The van der Waals surface area contributed by atoms with Crippen molar-refractivity contribution in [3.63, 3.8) is 0 Å². The Kier molecular flexibility index (Phi) is 5.55. The molecule has 0 saturated carbocycles. The van der Waals surface area contributed by atoms with Gasteiger partial charge in [-0.3, -0.25) is 10.3 Å². The summed E-state index contributed by atoms with van der Waals surface area (Å²) in [6, 6.07) is 19.4. The van der Waals surface area contributed by atoms with Gasteiger partial charge in [-0.2, -0.15) is 0 Å². The number of rotatable bonds is 5. The highest BCUT2D eigenvalue weighted by atomic mass is 16.6. The van der Waals surface area contributed by atoms with Crippen LogP contribution in [0.25, 0.3) is 0 Å². The molecule has 1 amide bonds. The van der Waals surface area contributed by atoms with E-state index in [4.69, 9.17) is 4.74 Å². The number of aromatic nitrogens is 1. The van der Waals surface area contributed by atoms with Crippen LogP contribution in [0.4, 0.5) is 21.9 Å². The summed E-state index contributed by atoms with van der Waals surface area (Å²) in [6.07, 6.45) is 1.32. The average molecular weight is 417 g/mol. The van der Waals surface area contributed by atoms with Crippen molar-refractivity contribution in [2.75, 3.05) is 35.8 Å². The highest BCUT2D eigenvalue weighted by Crippen LogP contribution is 2.42. The van der Waals surface area contributed by atoms with Gasteiger partial charge in [-0.15, -0.1) is 0 Å². The van der Waals surface area contributed by atoms with E-state index in [9.17, 15) is 4.79 Å². The Morgan fingerprint density at radius 3 is 2.58 bits per heavy atom. The molecule has 1 aliphatic rings. The van der Waals surface area contributed by atoms with Gasteiger partial charge in [0.15, 0.2) is 0 Å². The second-order valence-electron chi connectivity index (χ2n) is 8.70. The fourth-order valence-corrected chi connectivity index (χ4v) is 3.97. The third kappa shape index (κ3) is 4.63. The van der Waals surface area contributed by atoms with Crippen molar-refractivity contribution in [3.8, 4) is 5.75 Å². The van der Waals surface area contributed by atoms with Crippen LogP contribution in [-0.2, 0) is 12.0 Å². The molecule has 160 valence electrons. The number of pyridine rings is 1. The van der Waals surface area contributed by atoms with Crippen LogP contribution in [0, 0.1) is 0 Å². The van der Waals surface area contributed by atoms with Gasteiger partial charge in [0.1, 0.15) is 5.75 Å². The summed E-state index contributed by atoms with van der Waals surface area (Å²) in [5.74, 6) is 0.536. The first kappa shape index (κ1) is 20.7. The molecule has 6 nitrogen and oxygen atoms in total. The smallest absolute Gasteiger partial charge is 0.410 e. The van der Waals surface area contributed by atoms with Gasteiger partial charge in [-0.1, -0.05) is 19.9 Å². The number of anilines is 3. The first-order valence-corrected chi connectivity index (χ1v) is 10.4. The molecule has 1 aliphatic heterocycles. The molecule has 1 N–H and O–H groups in total. The Morgan fingerprint density at radius 1 is 1.13 bits per heavy atom. The predicted molar refractivity (Wildman–Crippen MR) is 125 cm³/mol. The summed E-state index contributed by atoms with van der Waals surface area (Å²) in [7, 11) is 3.95. The highest BCUT2D eigenvalue weighted by molar-refractivity contribution is 5.86. The molecule has 0 fully saturated rings. The van der Waals surface area contributed by atoms with Gasteiger partial charge in [-0.05, 0) is 60.2 Å². The fourth-order valence-electron chi connectivity index (χ4n) is 3.97. The molecule has 0 saturated heterocycles. The number of amides is 1. The molecule has 2 heterocycles. The molecule has 1 aromatic heterocycles. The summed E-state index contributed by atoms with van der Waals surface area (Å²) in [5, 5.41) is 2.79. The topological polar surface area (TPSA) is 57.7 Å². The van der Waals surface area contributed by atoms with Gasteiger partial charge in [0, 0.05) is 49.3 Å². The number of hydrogen-bond acceptors (Lipinski definition) is 5. The van der Waals surface area contributed by atoms with Crippen LogP contribution >= 0.6 is 0 Å². The number of nitrogens with one attached hydrogen (secondary N) is 1. The number of carbonyl (C=O) groups excluding carboxylic acids is 1. The van der Waals surface area contributed by atoms with Crippen LogP contribution in [0.3, 0.4) is 0 Å². The van der Waals surface area contributed by atoms with Crippen molar-refractivity contribution >= 4 is 23.2 Å². The third-order valence-corrected chi connectivity index (χ3v) is 5.54. The Labute approximate surface area is 183 Å². The zero-order valence-electron chi connectivity index (χ0n) is 18.4. The molecular formula is C25H28N4O2. The first-order valence-electron chi connectivity index (χ1n) is 10.4. The van der Waals surface area contributed by atoms with Crippen molar-refractivity contribution in [2.24, 2.45) is 0 Å². The summed E-state index contributed by atoms with van der Waals surface area (Å²) >= 11 is 0. The number of carbonyl (C=O) groups is 1. The van der Waals surface area contributed by atoms with Crippen LogP contribution in [0.15, 0.2) is 66.9 Å². The van der Waals surface area contributed by atoms with Gasteiger partial charge in [0.2, 0.25) is 0 Å². The van der Waals surface area contributed by atoms with Crippen LogP contribution < -0.4 is 19.9 Å². The van der Waals surface area contributed by atoms with Gasteiger partial charge in [0.05, 0.1) is 12.2 Å². The summed E-state index contributed by atoms with van der Waals surface area (Å²) in [5.41, 5.74) is 5.06. The molecule has 6 heteroatoms. The van der Waals surface area contributed by atoms with E-state index in [1.165, 1.54) is 5.56 Å². The molecule has 31 heavy (non-hydrogen) atoms. The van der Waals surface area contributed by atoms with E-state index >= 15 is 0 Å². The highest BCUT2D eigenvalue weighted by Gasteiger charge is 2.35. The molecule has 2 aromatic carbocycles. The molecule has 0 atom stereocenters. The predicted octanol–water partition coefficient (Wildman–Crippen LogP) is 5.06. The lowest BCUT2D eigenvalue weighted by Crippen LogP contribution is -2.28. The standard InChI is InChI=1S/C25H28N4O2/c1-25(2)17-29(16-19-7-5-6-14-26-19)23-13-12-21(15-22(23)25)31-24(30)27-18-8-10-20(11-9-18)28(3)4/h5-15H,16-17H2,1-4H3,(H,27,30). The quantitative estimate of drug-likeness (QED) is 0.630. The van der Waals surface area contributed by atoms with Crippen molar-refractivity contribution in [1.29, 1.82) is 0 Å². The largest absolute Gasteiger partial charge is 0.417 e. The average Bonchev–Trinajstić information content (AvgIpc) is 2.98. The number of nitrogens with zero attached hydrogens (tertiary/aromatic N) is 3. The first-order chi connectivity index (χ1) is 14.8. The molecule has 0 radical (unpaired) electrons. The van der Waals surface area contributed by atoms with E-state index in [1.807, 2.05) is 85.9 Å². The Bertz CT molecular complexity index is 1060. The lowest BCUT2D eigenvalue weighted by molar-refractivity contribution is 0.215. The van der Waals surface area contributed by atoms with Crippen molar-refractivity contribution in [2.45, 2.75) is 25.8 Å². The van der Waals surface area contributed by atoms with Crippen molar-refractivity contribution < 1.29 is 9.53 Å². The van der Waals surface area contributed by atoms with Gasteiger partial charge >= 0.3 is 6.09 Å². The number of ether oxygens (including phenoxy) is 1. The Balaban J connectivity index is 1.46. The zero-order chi connectivity index (χ0) is 22.0. The van der Waals surface area contributed by atoms with Crippen LogP contribution in [-0.4, -0.2) is 31.7 Å². The second-order valence-corrected chi connectivity index (χ2v) is 8.70. The van der Waals surface area contributed by atoms with E-state index in [0.29, 0.717) is 11.4 Å². The minimum absolute atomic E-state index is 0.0536. The van der Waals surface area contributed by atoms with E-state index in [1.54, 1.807) is 0 Å². The molecule has 0 bridgehead atoms. The summed E-state index contributed by atoms with van der Waals surface area (Å²) in [4.78, 5) is 21.2. The number of fused-ring (bicyclic) bond motifs is 1. The Hall–Kier alpha value is -3.54. The Morgan fingerprint density at radius 2 is 1.90 bits per heavy atom. The minimum Gasteiger partial charge on any atom is -0.410 e. The number of benzene rings is 2. The SMILES string of the molecule is CN(C)c1ccc(NC(=O)Oc2ccc3c(c2)C(C)(C)CN3Cc2ccccn2)cc1. The summed E-state index contributed by atoms with van der Waals surface area (Å²) < 4.78 is 5.58. The second kappa shape index (κ2) is 8.30. The van der Waals surface area contributed by atoms with E-state index in [-0.39, 0.29) is 5.41 Å². The van der Waals surface area contributed by atoms with Crippen LogP contribution in [0.5, 0.6) is 5.75 Å². The summed E-state index contributed by atoms with van der Waals surface area (Å²) in [6.45, 7) is 6.05. The molecule has 0 aliphatic carbocycles. The molecule has 0 spiro atoms. The van der Waals surface area contributed by atoms with Gasteiger partial charge in [-0.25, -0.2) is 4.79 Å². The monoisotopic (exact) mass is 416 g/mol. The van der Waals surface area contributed by atoms with Crippen molar-refractivity contribution in [1.82, 2.24) is 4.98 Å². The van der Waals surface area contributed by atoms with Gasteiger partial charge in [0.25, 0.3) is 0 Å². The minimum atomic E-state index is -0.501. The normalized spacial score (nSPS) is 14.1. The molecular weight excluding hydrogens is 388 g/mol. The van der Waals surface area contributed by atoms with E-state index in [0.717, 1.165) is 30.2 Å². The molecule has 3 aromatic rings. The lowest BCUT2D eigenvalue weighted by atomic mass is 9.87. The molecule has 4 rings (SSSR count). The lowest BCUT2D eigenvalue weighted by Gasteiger charge is -2.22. The molecule has 0 unspecified atom stereocenters. The maximum atomic E-state index is 12.4.